The molecule has 0 unspecified atom stereocenters. The molecule has 5 rings (SSSR count). The van der Waals surface area contributed by atoms with E-state index < -0.39 is 0 Å². The monoisotopic (exact) mass is 487 g/mol. The number of fused-ring (bicyclic) bond motifs is 1. The summed E-state index contributed by atoms with van der Waals surface area (Å²) < 4.78 is 5.80. The fourth-order valence-corrected chi connectivity index (χ4v) is 4.57. The van der Waals surface area contributed by atoms with Crippen LogP contribution in [0.3, 0.4) is 0 Å². The quantitative estimate of drug-likeness (QED) is 0.348. The lowest BCUT2D eigenvalue weighted by atomic mass is 10.1. The maximum atomic E-state index is 12.8. The van der Waals surface area contributed by atoms with Crippen molar-refractivity contribution in [2.75, 3.05) is 18.4 Å². The molecule has 0 bridgehead atoms. The first-order valence-corrected chi connectivity index (χ1v) is 12.0. The molecule has 4 aromatic rings. The Labute approximate surface area is 208 Å². The number of amides is 2. The molecule has 1 aliphatic rings. The van der Waals surface area contributed by atoms with Crippen molar-refractivity contribution in [2.24, 2.45) is 5.92 Å². The Hall–Kier alpha value is -3.77. The van der Waals surface area contributed by atoms with Gasteiger partial charge in [0.1, 0.15) is 12.4 Å². The second kappa shape index (κ2) is 10.2. The number of halogens is 1. The van der Waals surface area contributed by atoms with E-state index in [1.165, 1.54) is 0 Å². The fraction of sp³-hybridized carbons (Fsp3) is 0.214. The lowest BCUT2D eigenvalue weighted by Gasteiger charge is -2.16. The summed E-state index contributed by atoms with van der Waals surface area (Å²) in [6, 6.07) is 23.0. The van der Waals surface area contributed by atoms with E-state index in [2.05, 4.69) is 10.3 Å². The molecule has 3 aromatic carbocycles. The van der Waals surface area contributed by atoms with Crippen molar-refractivity contribution in [1.29, 1.82) is 0 Å². The summed E-state index contributed by atoms with van der Waals surface area (Å²) in [5.41, 5.74) is 3.90. The molecule has 35 heavy (non-hydrogen) atoms. The molecular formula is C28H26ClN3O3. The molecule has 178 valence electrons. The van der Waals surface area contributed by atoms with Crippen molar-refractivity contribution in [3.05, 3.63) is 95.1 Å². The van der Waals surface area contributed by atoms with Crippen LogP contribution in [-0.2, 0) is 22.6 Å². The molecule has 0 saturated carbocycles. The molecule has 1 fully saturated rings. The number of carbonyl (C=O) groups excluding carboxylic acids is 2. The number of nitrogens with zero attached hydrogens (tertiary/aromatic N) is 1. The number of carbonyl (C=O) groups is 2. The standard InChI is InChI=1S/C28H26ClN3O3/c29-22-6-11-26-25(15-22)20(16-30-26)12-13-32-17-21(14-27(32)33)28(34)31-23-7-9-24(10-8-23)35-18-19-4-2-1-3-5-19/h1-11,15-16,21,30H,12-14,17-18H2,(H,31,34)/t21-/m1/s1. The molecule has 1 atom stereocenters. The van der Waals surface area contributed by atoms with Crippen molar-refractivity contribution in [3.8, 4) is 5.75 Å². The SMILES string of the molecule is O=C(Nc1ccc(OCc2ccccc2)cc1)[C@@H]1CC(=O)N(CCc2c[nH]c3ccc(Cl)cc23)C1. The average molecular weight is 488 g/mol. The molecule has 2 N–H and O–H groups in total. The largest absolute Gasteiger partial charge is 0.489 e. The molecule has 7 heteroatoms. The second-order valence-corrected chi connectivity index (χ2v) is 9.22. The van der Waals surface area contributed by atoms with Crippen LogP contribution < -0.4 is 10.1 Å². The first-order valence-electron chi connectivity index (χ1n) is 11.7. The lowest BCUT2D eigenvalue weighted by molar-refractivity contribution is -0.128. The van der Waals surface area contributed by atoms with Crippen molar-refractivity contribution in [1.82, 2.24) is 9.88 Å². The fourth-order valence-electron chi connectivity index (χ4n) is 4.40. The maximum absolute atomic E-state index is 12.8. The number of hydrogen-bond acceptors (Lipinski definition) is 3. The number of H-pyrrole nitrogens is 1. The molecule has 2 amide bonds. The van der Waals surface area contributed by atoms with Gasteiger partial charge in [-0.1, -0.05) is 41.9 Å². The van der Waals surface area contributed by atoms with E-state index in [4.69, 9.17) is 16.3 Å². The molecule has 0 aliphatic carbocycles. The number of anilines is 1. The number of aromatic amines is 1. The van der Waals surface area contributed by atoms with Gasteiger partial charge in [-0.05, 0) is 60.0 Å². The van der Waals surface area contributed by atoms with Crippen LogP contribution >= 0.6 is 11.6 Å². The van der Waals surface area contributed by atoms with E-state index in [1.807, 2.05) is 79.0 Å². The predicted molar refractivity (Wildman–Crippen MR) is 138 cm³/mol. The van der Waals surface area contributed by atoms with Crippen LogP contribution in [0.25, 0.3) is 10.9 Å². The number of rotatable bonds is 8. The van der Waals surface area contributed by atoms with Crippen molar-refractivity contribution in [2.45, 2.75) is 19.4 Å². The number of benzene rings is 3. The molecular weight excluding hydrogens is 462 g/mol. The van der Waals surface area contributed by atoms with Crippen LogP contribution in [0.4, 0.5) is 5.69 Å². The summed E-state index contributed by atoms with van der Waals surface area (Å²) in [7, 11) is 0. The van der Waals surface area contributed by atoms with Crippen molar-refractivity contribution in [3.63, 3.8) is 0 Å². The highest BCUT2D eigenvalue weighted by Gasteiger charge is 2.34. The molecule has 6 nitrogen and oxygen atoms in total. The topological polar surface area (TPSA) is 74.4 Å². The summed E-state index contributed by atoms with van der Waals surface area (Å²) in [4.78, 5) is 30.4. The van der Waals surface area contributed by atoms with E-state index in [0.29, 0.717) is 36.8 Å². The third-order valence-corrected chi connectivity index (χ3v) is 6.57. The minimum absolute atomic E-state index is 0.00711. The summed E-state index contributed by atoms with van der Waals surface area (Å²) in [6.07, 6.45) is 2.88. The second-order valence-electron chi connectivity index (χ2n) is 8.78. The summed E-state index contributed by atoms with van der Waals surface area (Å²) in [5.74, 6) is 0.229. The van der Waals surface area contributed by atoms with Crippen molar-refractivity contribution >= 4 is 40.0 Å². The minimum Gasteiger partial charge on any atom is -0.489 e. The summed E-state index contributed by atoms with van der Waals surface area (Å²) in [6.45, 7) is 1.47. The van der Waals surface area contributed by atoms with Gasteiger partial charge < -0.3 is 19.9 Å². The molecule has 2 heterocycles. The van der Waals surface area contributed by atoms with Gasteiger partial charge in [-0.25, -0.2) is 0 Å². The number of likely N-dealkylation sites (tertiary alicyclic amines) is 1. The summed E-state index contributed by atoms with van der Waals surface area (Å²) in [5, 5.41) is 4.68. The van der Waals surface area contributed by atoms with Gasteiger partial charge in [-0.2, -0.15) is 0 Å². The molecule has 0 spiro atoms. The molecule has 1 aliphatic heterocycles. The summed E-state index contributed by atoms with van der Waals surface area (Å²) >= 11 is 6.14. The van der Waals surface area contributed by atoms with Crippen LogP contribution in [0.2, 0.25) is 5.02 Å². The van der Waals surface area contributed by atoms with E-state index >= 15 is 0 Å². The van der Waals surface area contributed by atoms with Crippen LogP contribution in [-0.4, -0.2) is 34.8 Å². The van der Waals surface area contributed by atoms with E-state index in [-0.39, 0.29) is 24.2 Å². The highest BCUT2D eigenvalue weighted by molar-refractivity contribution is 6.31. The van der Waals surface area contributed by atoms with E-state index in [9.17, 15) is 9.59 Å². The van der Waals surface area contributed by atoms with Gasteiger partial charge in [0.15, 0.2) is 0 Å². The molecule has 1 aromatic heterocycles. The number of aromatic nitrogens is 1. The Morgan fingerprint density at radius 1 is 1.09 bits per heavy atom. The first kappa shape index (κ1) is 23.0. The highest BCUT2D eigenvalue weighted by Crippen LogP contribution is 2.25. The zero-order chi connectivity index (χ0) is 24.2. The van der Waals surface area contributed by atoms with Crippen LogP contribution in [0, 0.1) is 5.92 Å². The zero-order valence-corrected chi connectivity index (χ0v) is 19.9. The number of ether oxygens (including phenoxy) is 1. The number of nitrogens with one attached hydrogen (secondary N) is 2. The maximum Gasteiger partial charge on any atom is 0.229 e. The Bertz CT molecular complexity index is 1330. The van der Waals surface area contributed by atoms with Gasteiger partial charge in [0, 0.05) is 47.3 Å². The van der Waals surface area contributed by atoms with Gasteiger partial charge >= 0.3 is 0 Å². The third kappa shape index (κ3) is 5.49. The minimum atomic E-state index is -0.367. The Morgan fingerprint density at radius 2 is 1.89 bits per heavy atom. The third-order valence-electron chi connectivity index (χ3n) is 6.34. The van der Waals surface area contributed by atoms with E-state index in [0.717, 1.165) is 27.8 Å². The Balaban J connectivity index is 1.13. The normalized spacial score (nSPS) is 15.5. The first-order chi connectivity index (χ1) is 17.0. The number of hydrogen-bond donors (Lipinski definition) is 2. The van der Waals surface area contributed by atoms with Gasteiger partial charge in [0.2, 0.25) is 11.8 Å². The van der Waals surface area contributed by atoms with Crippen LogP contribution in [0.1, 0.15) is 17.5 Å². The Kier molecular flexibility index (Phi) is 6.73. The van der Waals surface area contributed by atoms with Gasteiger partial charge in [-0.15, -0.1) is 0 Å². The van der Waals surface area contributed by atoms with Crippen LogP contribution in [0.5, 0.6) is 5.75 Å². The smallest absolute Gasteiger partial charge is 0.229 e. The van der Waals surface area contributed by atoms with Gasteiger partial charge in [0.25, 0.3) is 0 Å². The lowest BCUT2D eigenvalue weighted by Crippen LogP contribution is -2.30. The molecule has 1 saturated heterocycles. The van der Waals surface area contributed by atoms with Gasteiger partial charge in [0.05, 0.1) is 5.92 Å². The van der Waals surface area contributed by atoms with Gasteiger partial charge in [-0.3, -0.25) is 9.59 Å². The molecule has 0 radical (unpaired) electrons. The average Bonchev–Trinajstić information content (AvgIpc) is 3.45. The Morgan fingerprint density at radius 3 is 2.69 bits per heavy atom. The zero-order valence-electron chi connectivity index (χ0n) is 19.2. The highest BCUT2D eigenvalue weighted by atomic mass is 35.5. The van der Waals surface area contributed by atoms with Crippen molar-refractivity contribution < 1.29 is 14.3 Å². The van der Waals surface area contributed by atoms with Crippen LogP contribution in [0.15, 0.2) is 79.0 Å². The van der Waals surface area contributed by atoms with E-state index in [1.54, 1.807) is 4.90 Å². The predicted octanol–water partition coefficient (Wildman–Crippen LogP) is 5.43.